The van der Waals surface area contributed by atoms with E-state index in [2.05, 4.69) is 21.8 Å². The van der Waals surface area contributed by atoms with Gasteiger partial charge in [0, 0.05) is 30.9 Å². The third kappa shape index (κ3) is 4.79. The number of thioether (sulfide) groups is 1. The average Bonchev–Trinajstić information content (AvgIpc) is 3.10. The van der Waals surface area contributed by atoms with E-state index in [4.69, 9.17) is 16.3 Å². The molecule has 0 unspecified atom stereocenters. The summed E-state index contributed by atoms with van der Waals surface area (Å²) in [6.45, 7) is 4.34. The smallest absolute Gasteiger partial charge is 0.192 e. The van der Waals surface area contributed by atoms with Crippen molar-refractivity contribution in [3.63, 3.8) is 0 Å². The van der Waals surface area contributed by atoms with E-state index in [0.717, 1.165) is 11.1 Å². The first-order valence-electron chi connectivity index (χ1n) is 8.53. The molecule has 8 heteroatoms. The second kappa shape index (κ2) is 9.52. The lowest BCUT2D eigenvalue weighted by Gasteiger charge is -2.08. The lowest BCUT2D eigenvalue weighted by molar-refractivity contribution is -0.116. The van der Waals surface area contributed by atoms with E-state index < -0.39 is 0 Å². The molecule has 0 radical (unpaired) electrons. The molecule has 0 saturated heterocycles. The number of aromatic nitrogens is 4. The third-order valence-corrected chi connectivity index (χ3v) is 5.25. The van der Waals surface area contributed by atoms with Gasteiger partial charge < -0.3 is 4.74 Å². The molecular weight excluding hydrogens is 396 g/mol. The highest BCUT2D eigenvalue weighted by Gasteiger charge is 2.15. The number of pyridine rings is 1. The Kier molecular flexibility index (Phi) is 6.84. The number of benzene rings is 1. The van der Waals surface area contributed by atoms with Crippen LogP contribution in [0.3, 0.4) is 0 Å². The van der Waals surface area contributed by atoms with Crippen molar-refractivity contribution in [1.29, 1.82) is 0 Å². The van der Waals surface area contributed by atoms with Crippen molar-refractivity contribution < 1.29 is 9.53 Å². The van der Waals surface area contributed by atoms with Crippen molar-refractivity contribution >= 4 is 29.1 Å². The minimum Gasteiger partial charge on any atom is -0.495 e. The molecule has 0 N–H and O–H groups in total. The molecule has 3 aromatic rings. The minimum absolute atomic E-state index is 0.0716. The molecular formula is C20H19ClN4O2S. The number of methoxy groups -OCH3 is 1. The lowest BCUT2D eigenvalue weighted by atomic mass is 10.1. The molecule has 3 rings (SSSR count). The number of Topliss-reactive ketones (excluding diaryl/α,β-unsaturated/α-hetero) is 1. The van der Waals surface area contributed by atoms with Gasteiger partial charge in [0.05, 0.1) is 17.9 Å². The number of halogens is 1. The van der Waals surface area contributed by atoms with Gasteiger partial charge >= 0.3 is 0 Å². The van der Waals surface area contributed by atoms with Crippen LogP contribution in [0.5, 0.6) is 5.75 Å². The maximum Gasteiger partial charge on any atom is 0.192 e. The zero-order valence-electron chi connectivity index (χ0n) is 15.3. The normalized spacial score (nSPS) is 10.6. The standard InChI is InChI=1S/C20H19ClN4O2S/c1-3-9-25-19(15-5-4-8-22-12-15)23-24-20(25)28-13-16(26)10-14-6-7-18(27-2)17(21)11-14/h3-8,11-12H,1,9-10,13H2,2H3. The monoisotopic (exact) mass is 414 g/mol. The van der Waals surface area contributed by atoms with Crippen molar-refractivity contribution in [3.05, 3.63) is 66.0 Å². The number of hydrogen-bond donors (Lipinski definition) is 0. The third-order valence-electron chi connectivity index (χ3n) is 3.93. The highest BCUT2D eigenvalue weighted by Crippen LogP contribution is 2.26. The Morgan fingerprint density at radius 3 is 2.89 bits per heavy atom. The summed E-state index contributed by atoms with van der Waals surface area (Å²) >= 11 is 7.48. The van der Waals surface area contributed by atoms with Gasteiger partial charge in [0.2, 0.25) is 0 Å². The number of nitrogens with zero attached hydrogens (tertiary/aromatic N) is 4. The molecule has 2 aromatic heterocycles. The van der Waals surface area contributed by atoms with Gasteiger partial charge in [-0.05, 0) is 29.8 Å². The summed E-state index contributed by atoms with van der Waals surface area (Å²) in [6.07, 6.45) is 5.50. The highest BCUT2D eigenvalue weighted by atomic mass is 35.5. The van der Waals surface area contributed by atoms with Gasteiger partial charge in [-0.2, -0.15) is 0 Å². The molecule has 0 aliphatic rings. The van der Waals surface area contributed by atoms with E-state index in [1.807, 2.05) is 22.8 Å². The van der Waals surface area contributed by atoms with Gasteiger partial charge in [0.25, 0.3) is 0 Å². The van der Waals surface area contributed by atoms with E-state index in [0.29, 0.717) is 34.7 Å². The molecule has 0 aliphatic heterocycles. The number of ketones is 1. The Morgan fingerprint density at radius 2 is 2.21 bits per heavy atom. The van der Waals surface area contributed by atoms with Gasteiger partial charge in [0.15, 0.2) is 11.0 Å². The second-order valence-electron chi connectivity index (χ2n) is 5.92. The van der Waals surface area contributed by atoms with Gasteiger partial charge in [0.1, 0.15) is 11.5 Å². The number of ether oxygens (including phenoxy) is 1. The molecule has 28 heavy (non-hydrogen) atoms. The van der Waals surface area contributed by atoms with Crippen LogP contribution in [-0.4, -0.2) is 38.4 Å². The molecule has 0 amide bonds. The summed E-state index contributed by atoms with van der Waals surface area (Å²) in [4.78, 5) is 16.5. The number of carbonyl (C=O) groups is 1. The molecule has 0 fully saturated rings. The Labute approximate surface area is 172 Å². The fourth-order valence-corrected chi connectivity index (χ4v) is 3.73. The quantitative estimate of drug-likeness (QED) is 0.388. The zero-order valence-corrected chi connectivity index (χ0v) is 16.9. The van der Waals surface area contributed by atoms with Crippen LogP contribution >= 0.6 is 23.4 Å². The fraction of sp³-hybridized carbons (Fsp3) is 0.200. The van der Waals surface area contributed by atoms with Crippen molar-refractivity contribution in [2.75, 3.05) is 12.9 Å². The van der Waals surface area contributed by atoms with E-state index >= 15 is 0 Å². The lowest BCUT2D eigenvalue weighted by Crippen LogP contribution is -2.08. The van der Waals surface area contributed by atoms with E-state index in [1.165, 1.54) is 11.8 Å². The molecule has 1 aromatic carbocycles. The molecule has 0 saturated carbocycles. The molecule has 144 valence electrons. The van der Waals surface area contributed by atoms with E-state index in [9.17, 15) is 4.79 Å². The Hall–Kier alpha value is -2.64. The van der Waals surface area contributed by atoms with Crippen LogP contribution in [0.2, 0.25) is 5.02 Å². The SMILES string of the molecule is C=CCn1c(SCC(=O)Cc2ccc(OC)c(Cl)c2)nnc1-c1cccnc1. The van der Waals surface area contributed by atoms with E-state index in [-0.39, 0.29) is 11.5 Å². The predicted octanol–water partition coefficient (Wildman–Crippen LogP) is 4.09. The Morgan fingerprint density at radius 1 is 1.36 bits per heavy atom. The van der Waals surface area contributed by atoms with Crippen molar-refractivity contribution in [2.45, 2.75) is 18.1 Å². The van der Waals surface area contributed by atoms with Gasteiger partial charge in [-0.1, -0.05) is 35.5 Å². The summed E-state index contributed by atoms with van der Waals surface area (Å²) < 4.78 is 7.06. The van der Waals surface area contributed by atoms with Crippen LogP contribution in [0.15, 0.2) is 60.5 Å². The Bertz CT molecular complexity index is 976. The van der Waals surface area contributed by atoms with Crippen LogP contribution < -0.4 is 4.74 Å². The summed E-state index contributed by atoms with van der Waals surface area (Å²) in [5.41, 5.74) is 1.71. The van der Waals surface area contributed by atoms with Crippen LogP contribution in [0.1, 0.15) is 5.56 Å². The maximum absolute atomic E-state index is 12.4. The summed E-state index contributed by atoms with van der Waals surface area (Å²) in [5.74, 6) is 1.64. The molecule has 0 spiro atoms. The number of allylic oxidation sites excluding steroid dienone is 1. The van der Waals surface area contributed by atoms with Gasteiger partial charge in [-0.3, -0.25) is 14.3 Å². The van der Waals surface area contributed by atoms with Crippen LogP contribution in [0.25, 0.3) is 11.4 Å². The number of hydrogen-bond acceptors (Lipinski definition) is 6. The van der Waals surface area contributed by atoms with Crippen LogP contribution in [0, 0.1) is 0 Å². The van der Waals surface area contributed by atoms with Crippen LogP contribution in [-0.2, 0) is 17.8 Å². The molecule has 0 aliphatic carbocycles. The Balaban J connectivity index is 1.68. The number of carbonyl (C=O) groups excluding carboxylic acids is 1. The average molecular weight is 415 g/mol. The summed E-state index contributed by atoms with van der Waals surface area (Å²) in [6, 6.07) is 9.12. The fourth-order valence-electron chi connectivity index (χ4n) is 2.64. The highest BCUT2D eigenvalue weighted by molar-refractivity contribution is 7.99. The molecule has 2 heterocycles. The predicted molar refractivity (Wildman–Crippen MR) is 111 cm³/mol. The van der Waals surface area contributed by atoms with E-state index in [1.54, 1.807) is 37.7 Å². The van der Waals surface area contributed by atoms with Crippen molar-refractivity contribution in [1.82, 2.24) is 19.7 Å². The largest absolute Gasteiger partial charge is 0.495 e. The molecule has 6 nitrogen and oxygen atoms in total. The van der Waals surface area contributed by atoms with Crippen LogP contribution in [0.4, 0.5) is 0 Å². The van der Waals surface area contributed by atoms with Gasteiger partial charge in [-0.15, -0.1) is 16.8 Å². The zero-order chi connectivity index (χ0) is 19.9. The molecule has 0 bridgehead atoms. The first kappa shape index (κ1) is 20.1. The van der Waals surface area contributed by atoms with Crippen molar-refractivity contribution in [2.24, 2.45) is 0 Å². The second-order valence-corrected chi connectivity index (χ2v) is 7.27. The van der Waals surface area contributed by atoms with Gasteiger partial charge in [-0.25, -0.2) is 0 Å². The topological polar surface area (TPSA) is 69.9 Å². The minimum atomic E-state index is 0.0716. The first-order chi connectivity index (χ1) is 13.6. The van der Waals surface area contributed by atoms with Crippen molar-refractivity contribution in [3.8, 4) is 17.1 Å². The maximum atomic E-state index is 12.4. The summed E-state index contributed by atoms with van der Waals surface area (Å²) in [5, 5.41) is 9.66. The molecule has 0 atom stereocenters. The summed E-state index contributed by atoms with van der Waals surface area (Å²) in [7, 11) is 1.56. The first-order valence-corrected chi connectivity index (χ1v) is 9.90. The number of rotatable bonds is 9.